The van der Waals surface area contributed by atoms with Gasteiger partial charge in [0.2, 0.25) is 0 Å². The van der Waals surface area contributed by atoms with Crippen LogP contribution >= 0.6 is 0 Å². The van der Waals surface area contributed by atoms with E-state index in [2.05, 4.69) is 0 Å². The zero-order chi connectivity index (χ0) is 12.1. The number of benzene rings is 1. The van der Waals surface area contributed by atoms with E-state index in [9.17, 15) is 5.11 Å². The molecule has 0 radical (unpaired) electrons. The first-order chi connectivity index (χ1) is 7.49. The van der Waals surface area contributed by atoms with Gasteiger partial charge in [0.25, 0.3) is 0 Å². The Morgan fingerprint density at radius 2 is 1.75 bits per heavy atom. The Bertz CT molecular complexity index is 311. The van der Waals surface area contributed by atoms with Crippen LogP contribution in [0.3, 0.4) is 0 Å². The second-order valence-corrected chi connectivity index (χ2v) is 4.29. The smallest absolute Gasteiger partial charge is 0.115 e. The lowest BCUT2D eigenvalue weighted by Crippen LogP contribution is -2.37. The number of hydrogen-bond donors (Lipinski definition) is 4. The van der Waals surface area contributed by atoms with Gasteiger partial charge in [-0.3, -0.25) is 0 Å². The van der Waals surface area contributed by atoms with E-state index in [1.54, 1.807) is 19.1 Å². The molecule has 6 N–H and O–H groups in total. The summed E-state index contributed by atoms with van der Waals surface area (Å²) in [6, 6.07) is 6.53. The summed E-state index contributed by atoms with van der Waals surface area (Å²) < 4.78 is 0. The standard InChI is InChI=1S/C12H20N2O2/c1-8(13)12(16)7-10(14)6-9-2-4-11(15)5-3-9/h2-5,8,10,12,15-16H,6-7,13-14H2,1H3/t8-,10-,12-/m0/s1. The molecule has 0 aliphatic heterocycles. The molecular weight excluding hydrogens is 204 g/mol. The van der Waals surface area contributed by atoms with Gasteiger partial charge in [0, 0.05) is 12.1 Å². The highest BCUT2D eigenvalue weighted by molar-refractivity contribution is 5.26. The van der Waals surface area contributed by atoms with Gasteiger partial charge in [-0.1, -0.05) is 12.1 Å². The Kier molecular flexibility index (Phi) is 4.73. The van der Waals surface area contributed by atoms with Crippen LogP contribution in [0.2, 0.25) is 0 Å². The van der Waals surface area contributed by atoms with Gasteiger partial charge >= 0.3 is 0 Å². The Hall–Kier alpha value is -1.10. The summed E-state index contributed by atoms with van der Waals surface area (Å²) in [6.45, 7) is 1.76. The summed E-state index contributed by atoms with van der Waals surface area (Å²) in [4.78, 5) is 0. The molecule has 0 aromatic heterocycles. The van der Waals surface area contributed by atoms with E-state index in [1.165, 1.54) is 0 Å². The summed E-state index contributed by atoms with van der Waals surface area (Å²) >= 11 is 0. The van der Waals surface area contributed by atoms with E-state index in [0.29, 0.717) is 12.8 Å². The molecule has 0 saturated carbocycles. The lowest BCUT2D eigenvalue weighted by atomic mass is 9.99. The molecule has 0 amide bonds. The quantitative estimate of drug-likeness (QED) is 0.581. The Balaban J connectivity index is 2.45. The topological polar surface area (TPSA) is 92.5 Å². The molecular formula is C12H20N2O2. The van der Waals surface area contributed by atoms with E-state index in [4.69, 9.17) is 16.6 Å². The van der Waals surface area contributed by atoms with Crippen LogP contribution in [0.1, 0.15) is 18.9 Å². The maximum absolute atomic E-state index is 9.57. The monoisotopic (exact) mass is 224 g/mol. The van der Waals surface area contributed by atoms with E-state index in [1.807, 2.05) is 12.1 Å². The normalized spacial score (nSPS) is 16.8. The second kappa shape index (κ2) is 5.84. The molecule has 3 atom stereocenters. The molecule has 0 heterocycles. The van der Waals surface area contributed by atoms with Gasteiger partial charge in [0.15, 0.2) is 0 Å². The zero-order valence-electron chi connectivity index (χ0n) is 9.50. The van der Waals surface area contributed by atoms with Crippen LogP contribution in [0.4, 0.5) is 0 Å². The number of aromatic hydroxyl groups is 1. The van der Waals surface area contributed by atoms with Crippen molar-refractivity contribution in [3.05, 3.63) is 29.8 Å². The molecule has 0 spiro atoms. The average Bonchev–Trinajstić information content (AvgIpc) is 2.21. The number of phenols is 1. The molecule has 0 aliphatic carbocycles. The first-order valence-corrected chi connectivity index (χ1v) is 5.46. The highest BCUT2D eigenvalue weighted by Crippen LogP contribution is 2.12. The minimum atomic E-state index is -0.563. The van der Waals surface area contributed by atoms with Crippen molar-refractivity contribution < 1.29 is 10.2 Å². The fraction of sp³-hybridized carbons (Fsp3) is 0.500. The summed E-state index contributed by atoms with van der Waals surface area (Å²) in [5.74, 6) is 0.243. The molecule has 0 bridgehead atoms. The number of hydrogen-bond acceptors (Lipinski definition) is 4. The minimum absolute atomic E-state index is 0.120. The molecule has 0 aliphatic rings. The SMILES string of the molecule is C[C@H](N)[C@@H](O)C[C@@H](N)Cc1ccc(O)cc1. The number of aliphatic hydroxyl groups excluding tert-OH is 1. The maximum atomic E-state index is 9.57. The van der Waals surface area contributed by atoms with Crippen LogP contribution in [0, 0.1) is 0 Å². The lowest BCUT2D eigenvalue weighted by Gasteiger charge is -2.19. The fourth-order valence-electron chi connectivity index (χ4n) is 1.54. The molecule has 1 aromatic rings. The molecule has 0 fully saturated rings. The Labute approximate surface area is 95.9 Å². The molecule has 90 valence electrons. The van der Waals surface area contributed by atoms with Crippen molar-refractivity contribution in [2.24, 2.45) is 11.5 Å². The largest absolute Gasteiger partial charge is 0.508 e. The summed E-state index contributed by atoms with van der Waals surface area (Å²) in [5.41, 5.74) is 12.5. The van der Waals surface area contributed by atoms with Gasteiger partial charge in [-0.25, -0.2) is 0 Å². The van der Waals surface area contributed by atoms with E-state index in [0.717, 1.165) is 5.56 Å². The van der Waals surface area contributed by atoms with Gasteiger partial charge in [-0.05, 0) is 37.5 Å². The lowest BCUT2D eigenvalue weighted by molar-refractivity contribution is 0.133. The highest BCUT2D eigenvalue weighted by Gasteiger charge is 2.14. The number of nitrogens with two attached hydrogens (primary N) is 2. The first-order valence-electron chi connectivity index (χ1n) is 5.46. The van der Waals surface area contributed by atoms with Crippen LogP contribution in [0.15, 0.2) is 24.3 Å². The van der Waals surface area contributed by atoms with Gasteiger partial charge < -0.3 is 21.7 Å². The number of phenolic OH excluding ortho intramolecular Hbond substituents is 1. The third kappa shape index (κ3) is 4.18. The van der Waals surface area contributed by atoms with Crippen molar-refractivity contribution in [2.45, 2.75) is 38.0 Å². The first kappa shape index (κ1) is 13.0. The molecule has 4 nitrogen and oxygen atoms in total. The van der Waals surface area contributed by atoms with Gasteiger partial charge in [0.05, 0.1) is 6.10 Å². The number of rotatable bonds is 5. The van der Waals surface area contributed by atoms with Gasteiger partial charge in [-0.2, -0.15) is 0 Å². The molecule has 0 saturated heterocycles. The summed E-state index contributed by atoms with van der Waals surface area (Å²) in [5, 5.41) is 18.7. The predicted octanol–water partition coefficient (Wildman–Crippen LogP) is 0.360. The van der Waals surface area contributed by atoms with Crippen molar-refractivity contribution >= 4 is 0 Å². The van der Waals surface area contributed by atoms with Gasteiger partial charge in [0.1, 0.15) is 5.75 Å². The van der Waals surface area contributed by atoms with Crippen molar-refractivity contribution in [3.63, 3.8) is 0 Å². The third-order valence-electron chi connectivity index (χ3n) is 2.59. The average molecular weight is 224 g/mol. The van der Waals surface area contributed by atoms with Crippen LogP contribution in [-0.2, 0) is 6.42 Å². The maximum Gasteiger partial charge on any atom is 0.115 e. The van der Waals surface area contributed by atoms with Crippen molar-refractivity contribution in [1.82, 2.24) is 0 Å². The molecule has 1 aromatic carbocycles. The van der Waals surface area contributed by atoms with E-state index in [-0.39, 0.29) is 17.8 Å². The summed E-state index contributed by atoms with van der Waals surface area (Å²) in [6.07, 6.45) is 0.593. The van der Waals surface area contributed by atoms with Crippen molar-refractivity contribution in [2.75, 3.05) is 0 Å². The van der Waals surface area contributed by atoms with E-state index >= 15 is 0 Å². The second-order valence-electron chi connectivity index (χ2n) is 4.29. The highest BCUT2D eigenvalue weighted by atomic mass is 16.3. The zero-order valence-corrected chi connectivity index (χ0v) is 9.50. The number of aliphatic hydroxyl groups is 1. The molecule has 0 unspecified atom stereocenters. The van der Waals surface area contributed by atoms with Crippen LogP contribution in [-0.4, -0.2) is 28.4 Å². The van der Waals surface area contributed by atoms with Crippen LogP contribution < -0.4 is 11.5 Å². The molecule has 4 heteroatoms. The van der Waals surface area contributed by atoms with Crippen LogP contribution in [0.5, 0.6) is 5.75 Å². The van der Waals surface area contributed by atoms with E-state index < -0.39 is 6.10 Å². The predicted molar refractivity (Wildman–Crippen MR) is 64.1 cm³/mol. The third-order valence-corrected chi connectivity index (χ3v) is 2.59. The molecule has 16 heavy (non-hydrogen) atoms. The Morgan fingerprint density at radius 3 is 2.25 bits per heavy atom. The van der Waals surface area contributed by atoms with Crippen molar-refractivity contribution in [1.29, 1.82) is 0 Å². The fourth-order valence-corrected chi connectivity index (χ4v) is 1.54. The molecule has 1 rings (SSSR count). The van der Waals surface area contributed by atoms with Crippen molar-refractivity contribution in [3.8, 4) is 5.75 Å². The van der Waals surface area contributed by atoms with Gasteiger partial charge in [-0.15, -0.1) is 0 Å². The Morgan fingerprint density at radius 1 is 1.19 bits per heavy atom. The van der Waals surface area contributed by atoms with Crippen LogP contribution in [0.25, 0.3) is 0 Å². The minimum Gasteiger partial charge on any atom is -0.508 e. The summed E-state index contributed by atoms with van der Waals surface area (Å²) in [7, 11) is 0.